The van der Waals surface area contributed by atoms with Crippen molar-refractivity contribution in [2.75, 3.05) is 11.1 Å². The smallest absolute Gasteiger partial charge is 0.268 e. The lowest BCUT2D eigenvalue weighted by atomic mass is 10.3. The Hall–Kier alpha value is -1.66. The van der Waals surface area contributed by atoms with Crippen molar-refractivity contribution >= 4 is 39.8 Å². The van der Waals surface area contributed by atoms with Crippen LogP contribution in [-0.2, 0) is 0 Å². The van der Waals surface area contributed by atoms with Gasteiger partial charge < -0.3 is 11.1 Å². The van der Waals surface area contributed by atoms with Gasteiger partial charge in [-0.1, -0.05) is 22.9 Å². The van der Waals surface area contributed by atoms with Crippen molar-refractivity contribution in [2.24, 2.45) is 0 Å². The lowest BCUT2D eigenvalue weighted by Crippen LogP contribution is -2.12. The fraction of sp³-hybridized carbons (Fsp3) is 0.100. The number of rotatable bonds is 2. The summed E-state index contributed by atoms with van der Waals surface area (Å²) in [4.78, 5) is 20.3. The monoisotopic (exact) mass is 268 g/mol. The van der Waals surface area contributed by atoms with Crippen LogP contribution in [0.25, 0.3) is 0 Å². The summed E-state index contributed by atoms with van der Waals surface area (Å²) in [5.74, 6) is 0.0165. The summed E-state index contributed by atoms with van der Waals surface area (Å²) in [5, 5.41) is 3.36. The maximum Gasteiger partial charge on any atom is 0.268 e. The number of aromatic nitrogens is 2. The van der Waals surface area contributed by atoms with Gasteiger partial charge in [-0.15, -0.1) is 0 Å². The van der Waals surface area contributed by atoms with E-state index in [1.807, 2.05) is 0 Å². The van der Waals surface area contributed by atoms with Gasteiger partial charge in [-0.3, -0.25) is 4.79 Å². The first-order valence-corrected chi connectivity index (χ1v) is 5.92. The summed E-state index contributed by atoms with van der Waals surface area (Å²) in [7, 11) is 0. The van der Waals surface area contributed by atoms with Crippen molar-refractivity contribution in [3.63, 3.8) is 0 Å². The number of carbonyl (C=O) groups excluding carboxylic acids is 1. The molecule has 7 heteroatoms. The number of amides is 1. The van der Waals surface area contributed by atoms with Gasteiger partial charge in [0.25, 0.3) is 5.91 Å². The predicted octanol–water partition coefficient (Wildman–Crippen LogP) is 2.33. The highest BCUT2D eigenvalue weighted by molar-refractivity contribution is 7.17. The zero-order chi connectivity index (χ0) is 12.4. The molecule has 0 aliphatic heterocycles. The number of halogens is 1. The maximum atomic E-state index is 11.9. The summed E-state index contributed by atoms with van der Waals surface area (Å²) >= 11 is 7.02. The number of aryl methyl sites for hydroxylation is 1. The van der Waals surface area contributed by atoms with Crippen LogP contribution in [0.3, 0.4) is 0 Å². The summed E-state index contributed by atoms with van der Waals surface area (Å²) in [6.07, 6.45) is 1.55. The molecule has 2 aromatic heterocycles. The van der Waals surface area contributed by atoms with E-state index in [2.05, 4.69) is 15.3 Å². The molecule has 17 heavy (non-hydrogen) atoms. The molecule has 5 nitrogen and oxygen atoms in total. The molecule has 1 amide bonds. The summed E-state index contributed by atoms with van der Waals surface area (Å²) < 4.78 is 0. The highest BCUT2D eigenvalue weighted by Gasteiger charge is 2.15. The molecule has 0 saturated carbocycles. The van der Waals surface area contributed by atoms with Crippen LogP contribution < -0.4 is 11.1 Å². The van der Waals surface area contributed by atoms with Gasteiger partial charge in [0.15, 0.2) is 10.9 Å². The van der Waals surface area contributed by atoms with Gasteiger partial charge in [-0.25, -0.2) is 9.97 Å². The Labute approximate surface area is 107 Å². The van der Waals surface area contributed by atoms with Crippen LogP contribution in [0.15, 0.2) is 18.3 Å². The van der Waals surface area contributed by atoms with Crippen molar-refractivity contribution in [1.82, 2.24) is 9.97 Å². The second-order valence-corrected chi connectivity index (χ2v) is 4.69. The molecule has 0 spiro atoms. The molecule has 2 aromatic rings. The van der Waals surface area contributed by atoms with Gasteiger partial charge in [-0.05, 0) is 19.1 Å². The van der Waals surface area contributed by atoms with Gasteiger partial charge >= 0.3 is 0 Å². The Bertz CT molecular complexity index is 569. The van der Waals surface area contributed by atoms with E-state index < -0.39 is 0 Å². The maximum absolute atomic E-state index is 11.9. The Balaban J connectivity index is 2.23. The van der Waals surface area contributed by atoms with Crippen LogP contribution >= 0.6 is 22.9 Å². The molecule has 0 atom stereocenters. The first-order valence-electron chi connectivity index (χ1n) is 4.72. The Kier molecular flexibility index (Phi) is 3.26. The van der Waals surface area contributed by atoms with Crippen molar-refractivity contribution in [1.29, 1.82) is 0 Å². The van der Waals surface area contributed by atoms with Crippen LogP contribution in [-0.4, -0.2) is 15.9 Å². The minimum Gasteiger partial charge on any atom is -0.375 e. The molecule has 0 aliphatic carbocycles. The quantitative estimate of drug-likeness (QED) is 0.876. The van der Waals surface area contributed by atoms with E-state index in [4.69, 9.17) is 17.3 Å². The number of thiazole rings is 1. The normalized spacial score (nSPS) is 10.2. The standard InChI is InChI=1S/C10H9ClN4OS/c1-5-7(17-10(12)14-5)9(16)15-8-6(11)3-2-4-13-8/h2-4H,1H3,(H2,12,14)(H,13,15,16). The molecule has 0 aromatic carbocycles. The third-order valence-electron chi connectivity index (χ3n) is 2.01. The van der Waals surface area contributed by atoms with E-state index in [9.17, 15) is 4.79 Å². The van der Waals surface area contributed by atoms with Crippen LogP contribution in [0.4, 0.5) is 10.9 Å². The van der Waals surface area contributed by atoms with Gasteiger partial charge in [-0.2, -0.15) is 0 Å². The average Bonchev–Trinajstić information content (AvgIpc) is 2.61. The number of hydrogen-bond donors (Lipinski definition) is 2. The lowest BCUT2D eigenvalue weighted by molar-refractivity contribution is 0.102. The average molecular weight is 269 g/mol. The zero-order valence-electron chi connectivity index (χ0n) is 8.90. The van der Waals surface area contributed by atoms with Gasteiger partial charge in [0.2, 0.25) is 0 Å². The topological polar surface area (TPSA) is 80.9 Å². The van der Waals surface area contributed by atoms with Gasteiger partial charge in [0.05, 0.1) is 10.7 Å². The van der Waals surface area contributed by atoms with E-state index in [-0.39, 0.29) is 5.91 Å². The lowest BCUT2D eigenvalue weighted by Gasteiger charge is -2.04. The number of nitrogen functional groups attached to an aromatic ring is 1. The van der Waals surface area contributed by atoms with E-state index in [1.54, 1.807) is 25.3 Å². The van der Waals surface area contributed by atoms with E-state index in [0.717, 1.165) is 11.3 Å². The molecular weight excluding hydrogens is 260 g/mol. The highest BCUT2D eigenvalue weighted by atomic mass is 35.5. The predicted molar refractivity (Wildman–Crippen MR) is 68.5 cm³/mol. The van der Waals surface area contributed by atoms with E-state index in [0.29, 0.717) is 26.5 Å². The SMILES string of the molecule is Cc1nc(N)sc1C(=O)Nc1ncccc1Cl. The van der Waals surface area contributed by atoms with Crippen LogP contribution in [0.1, 0.15) is 15.4 Å². The fourth-order valence-corrected chi connectivity index (χ4v) is 2.17. The van der Waals surface area contributed by atoms with Crippen LogP contribution in [0.5, 0.6) is 0 Å². The molecule has 0 fully saturated rings. The number of nitrogens with one attached hydrogen (secondary N) is 1. The van der Waals surface area contributed by atoms with Crippen molar-refractivity contribution < 1.29 is 4.79 Å². The highest BCUT2D eigenvalue weighted by Crippen LogP contribution is 2.23. The molecule has 0 saturated heterocycles. The number of nitrogens with two attached hydrogens (primary N) is 1. The molecular formula is C10H9ClN4OS. The number of pyridine rings is 1. The van der Waals surface area contributed by atoms with Gasteiger partial charge in [0.1, 0.15) is 4.88 Å². The Morgan fingerprint density at radius 2 is 2.35 bits per heavy atom. The second-order valence-electron chi connectivity index (χ2n) is 3.25. The molecule has 3 N–H and O–H groups in total. The molecule has 0 bridgehead atoms. The first kappa shape index (κ1) is 11.8. The van der Waals surface area contributed by atoms with Crippen LogP contribution in [0, 0.1) is 6.92 Å². The minimum absolute atomic E-state index is 0.308. The van der Waals surface area contributed by atoms with Gasteiger partial charge in [0, 0.05) is 6.20 Å². The fourth-order valence-electron chi connectivity index (χ4n) is 1.27. The summed E-state index contributed by atoms with van der Waals surface area (Å²) in [6.45, 7) is 1.72. The first-order chi connectivity index (χ1) is 8.08. The minimum atomic E-state index is -0.308. The van der Waals surface area contributed by atoms with E-state index >= 15 is 0 Å². The number of nitrogens with zero attached hydrogens (tertiary/aromatic N) is 2. The second kappa shape index (κ2) is 4.68. The van der Waals surface area contributed by atoms with E-state index in [1.165, 1.54) is 0 Å². The van der Waals surface area contributed by atoms with Crippen molar-refractivity contribution in [2.45, 2.75) is 6.92 Å². The molecule has 0 aliphatic rings. The largest absolute Gasteiger partial charge is 0.375 e. The number of anilines is 2. The third kappa shape index (κ3) is 2.54. The molecule has 2 rings (SSSR count). The van der Waals surface area contributed by atoms with Crippen molar-refractivity contribution in [3.05, 3.63) is 33.9 Å². The molecule has 2 heterocycles. The number of hydrogen-bond acceptors (Lipinski definition) is 5. The van der Waals surface area contributed by atoms with Crippen molar-refractivity contribution in [3.8, 4) is 0 Å². The number of carbonyl (C=O) groups is 1. The molecule has 88 valence electrons. The molecule has 0 radical (unpaired) electrons. The summed E-state index contributed by atoms with van der Waals surface area (Å²) in [5.41, 5.74) is 6.12. The molecule has 0 unspecified atom stereocenters. The third-order valence-corrected chi connectivity index (χ3v) is 3.30. The summed E-state index contributed by atoms with van der Waals surface area (Å²) in [6, 6.07) is 3.34. The Morgan fingerprint density at radius 1 is 1.59 bits per heavy atom. The Morgan fingerprint density at radius 3 is 2.94 bits per heavy atom. The van der Waals surface area contributed by atoms with Crippen LogP contribution in [0.2, 0.25) is 5.02 Å². The zero-order valence-corrected chi connectivity index (χ0v) is 10.5.